The minimum atomic E-state index is -0.588. The second kappa shape index (κ2) is 16.7. The van der Waals surface area contributed by atoms with Crippen LogP contribution in [0.4, 0.5) is 0 Å². The van der Waals surface area contributed by atoms with Crippen LogP contribution in [-0.4, -0.2) is 102 Å². The predicted molar refractivity (Wildman–Crippen MR) is 217 cm³/mol. The Bertz CT molecular complexity index is 1730. The Labute approximate surface area is 313 Å². The van der Waals surface area contributed by atoms with Gasteiger partial charge in [0.1, 0.15) is 0 Å². The molecule has 4 aliphatic rings. The van der Waals surface area contributed by atoms with Gasteiger partial charge in [-0.15, -0.1) is 0 Å². The molecule has 6 nitrogen and oxygen atoms in total. The molecule has 0 radical (unpaired) electrons. The Kier molecular flexibility index (Phi) is 12.0. The van der Waals surface area contributed by atoms with E-state index in [1.54, 1.807) is 0 Å². The molecule has 4 atom stereocenters. The molecule has 6 heteroatoms. The topological polar surface area (TPSA) is 76.2 Å². The van der Waals surface area contributed by atoms with Gasteiger partial charge >= 0.3 is 0 Å². The average molecular weight is 705 g/mol. The molecule has 2 saturated carbocycles. The normalized spacial score (nSPS) is 24.9. The lowest BCUT2D eigenvalue weighted by Crippen LogP contribution is -2.44. The van der Waals surface area contributed by atoms with Gasteiger partial charge in [0.05, 0.1) is 11.2 Å². The fourth-order valence-electron chi connectivity index (χ4n) is 10.2. The Hall–Kier alpha value is -2.84. The van der Waals surface area contributed by atoms with Gasteiger partial charge in [-0.25, -0.2) is 0 Å². The van der Waals surface area contributed by atoms with Crippen LogP contribution in [0.15, 0.2) is 84.9 Å². The van der Waals surface area contributed by atoms with E-state index in [1.807, 2.05) is 0 Å². The average Bonchev–Trinajstić information content (AvgIpc) is 3.82. The molecule has 2 saturated heterocycles. The first kappa shape index (κ1) is 37.5. The van der Waals surface area contributed by atoms with E-state index >= 15 is 0 Å². The summed E-state index contributed by atoms with van der Waals surface area (Å²) in [5, 5.41) is 28.5. The minimum Gasteiger partial charge on any atom is -0.389 e. The number of rotatable bonds is 9. The van der Waals surface area contributed by atoms with Crippen LogP contribution in [0, 0.1) is 0 Å². The molecule has 4 aromatic carbocycles. The summed E-state index contributed by atoms with van der Waals surface area (Å²) < 4.78 is 0. The van der Waals surface area contributed by atoms with Crippen LogP contribution in [-0.2, 0) is 0 Å². The van der Waals surface area contributed by atoms with E-state index in [0.29, 0.717) is 6.04 Å². The molecule has 52 heavy (non-hydrogen) atoms. The van der Waals surface area contributed by atoms with Crippen molar-refractivity contribution in [1.82, 2.24) is 14.7 Å². The molecule has 2 unspecified atom stereocenters. The van der Waals surface area contributed by atoms with Crippen molar-refractivity contribution in [2.75, 3.05) is 53.4 Å². The molecule has 0 bridgehead atoms. The number of aliphatic hydroxyl groups is 2. The molecular formula is C46H64N4O2. The highest BCUT2D eigenvalue weighted by Crippen LogP contribution is 2.44. The molecular weight excluding hydrogens is 641 g/mol. The molecule has 2 heterocycles. The van der Waals surface area contributed by atoms with Gasteiger partial charge in [-0.1, -0.05) is 123 Å². The Morgan fingerprint density at radius 3 is 1.50 bits per heavy atom. The zero-order valence-corrected chi connectivity index (χ0v) is 31.9. The van der Waals surface area contributed by atoms with Gasteiger partial charge in [-0.2, -0.15) is 0 Å². The van der Waals surface area contributed by atoms with Crippen molar-refractivity contribution in [3.63, 3.8) is 0 Å². The SMILES string of the molecule is CN(C)[C@@H]1CCN(CC(c2cccc3ccccc23)C2(O)CCCCC2)C1.N[C@@H]1CCN(CC(c2cccc3ccccc23)C2(O)CCCCC2)C1. The molecule has 4 fully saturated rings. The fraction of sp³-hybridized carbons (Fsp3) is 0.565. The maximum absolute atomic E-state index is 11.7. The first-order valence-electron chi connectivity index (χ1n) is 20.5. The summed E-state index contributed by atoms with van der Waals surface area (Å²) in [4.78, 5) is 7.40. The Balaban J connectivity index is 0.000000162. The van der Waals surface area contributed by atoms with Crippen molar-refractivity contribution in [2.45, 2.75) is 112 Å². The molecule has 4 N–H and O–H groups in total. The molecule has 0 amide bonds. The number of nitrogens with zero attached hydrogens (tertiary/aromatic N) is 3. The molecule has 2 aliphatic carbocycles. The molecule has 4 aromatic rings. The second-order valence-corrected chi connectivity index (χ2v) is 17.0. The first-order valence-corrected chi connectivity index (χ1v) is 20.5. The van der Waals surface area contributed by atoms with Gasteiger partial charge in [-0.3, -0.25) is 0 Å². The summed E-state index contributed by atoms with van der Waals surface area (Å²) in [6.07, 6.45) is 13.1. The highest BCUT2D eigenvalue weighted by Gasteiger charge is 2.42. The number of hydrogen-bond donors (Lipinski definition) is 3. The van der Waals surface area contributed by atoms with Crippen molar-refractivity contribution in [3.05, 3.63) is 96.1 Å². The van der Waals surface area contributed by atoms with Crippen molar-refractivity contribution in [1.29, 1.82) is 0 Å². The number of benzene rings is 4. The third-order valence-corrected chi connectivity index (χ3v) is 13.3. The standard InChI is InChI=1S/C24H34N2O.C22H30N2O/c1-25(2)20-13-16-26(17-20)18-23(24(27)14-6-3-7-15-24)22-12-8-10-19-9-4-5-11-21(19)22;23-18-11-14-24(15-18)16-21(22(25)12-4-1-5-13-22)20-10-6-8-17-7-2-3-9-19(17)20/h4-5,8-12,20,23,27H,3,6-7,13-18H2,1-2H3;2-3,6-10,18,21,25H,1,4-5,11-16,23H2/t20-,23?;18-,21?/m11/s1. The van der Waals surface area contributed by atoms with Gasteiger partial charge in [-0.05, 0) is 98.4 Å². The maximum Gasteiger partial charge on any atom is 0.0728 e. The molecule has 8 rings (SSSR count). The van der Waals surface area contributed by atoms with Crippen molar-refractivity contribution in [2.24, 2.45) is 5.73 Å². The lowest BCUT2D eigenvalue weighted by atomic mass is 9.71. The zero-order valence-electron chi connectivity index (χ0n) is 31.9. The summed E-state index contributed by atoms with van der Waals surface area (Å²) >= 11 is 0. The third kappa shape index (κ3) is 8.43. The van der Waals surface area contributed by atoms with Crippen LogP contribution in [0.5, 0.6) is 0 Å². The smallest absolute Gasteiger partial charge is 0.0728 e. The van der Waals surface area contributed by atoms with Crippen LogP contribution >= 0.6 is 0 Å². The molecule has 0 spiro atoms. The number of likely N-dealkylation sites (N-methyl/N-ethyl adjacent to an activating group) is 1. The van der Waals surface area contributed by atoms with E-state index in [1.165, 1.54) is 51.9 Å². The van der Waals surface area contributed by atoms with Crippen molar-refractivity contribution >= 4 is 21.5 Å². The largest absolute Gasteiger partial charge is 0.389 e. The van der Waals surface area contributed by atoms with E-state index in [4.69, 9.17) is 5.73 Å². The van der Waals surface area contributed by atoms with E-state index in [0.717, 1.165) is 97.1 Å². The fourth-order valence-corrected chi connectivity index (χ4v) is 10.2. The van der Waals surface area contributed by atoms with Crippen LogP contribution in [0.3, 0.4) is 0 Å². The van der Waals surface area contributed by atoms with E-state index in [9.17, 15) is 10.2 Å². The van der Waals surface area contributed by atoms with Crippen molar-refractivity contribution < 1.29 is 10.2 Å². The maximum atomic E-state index is 11.7. The van der Waals surface area contributed by atoms with E-state index in [2.05, 4.69) is 114 Å². The first-order chi connectivity index (χ1) is 25.2. The molecule has 2 aliphatic heterocycles. The lowest BCUT2D eigenvalue weighted by molar-refractivity contribution is -0.0295. The number of nitrogens with two attached hydrogens (primary N) is 1. The van der Waals surface area contributed by atoms with Gasteiger partial charge in [0.15, 0.2) is 0 Å². The quantitative estimate of drug-likeness (QED) is 0.165. The van der Waals surface area contributed by atoms with Gasteiger partial charge < -0.3 is 30.6 Å². The van der Waals surface area contributed by atoms with Crippen LogP contribution in [0.1, 0.15) is 100 Å². The highest BCUT2D eigenvalue weighted by atomic mass is 16.3. The zero-order chi connectivity index (χ0) is 36.1. The highest BCUT2D eigenvalue weighted by molar-refractivity contribution is 5.87. The monoisotopic (exact) mass is 705 g/mol. The summed E-state index contributed by atoms with van der Waals surface area (Å²) in [5.74, 6) is 0.342. The van der Waals surface area contributed by atoms with E-state index in [-0.39, 0.29) is 17.9 Å². The van der Waals surface area contributed by atoms with Crippen LogP contribution < -0.4 is 5.73 Å². The number of fused-ring (bicyclic) bond motifs is 2. The van der Waals surface area contributed by atoms with Gasteiger partial charge in [0.25, 0.3) is 0 Å². The molecule has 280 valence electrons. The summed E-state index contributed by atoms with van der Waals surface area (Å²) in [7, 11) is 4.37. The number of likely N-dealkylation sites (tertiary alicyclic amines) is 2. The third-order valence-electron chi connectivity index (χ3n) is 13.3. The Morgan fingerprint density at radius 1 is 0.615 bits per heavy atom. The Morgan fingerprint density at radius 2 is 1.06 bits per heavy atom. The summed E-state index contributed by atoms with van der Waals surface area (Å²) in [6, 6.07) is 31.4. The van der Waals surface area contributed by atoms with Gasteiger partial charge in [0.2, 0.25) is 0 Å². The van der Waals surface area contributed by atoms with Gasteiger partial charge in [0, 0.05) is 50.1 Å². The predicted octanol–water partition coefficient (Wildman–Crippen LogP) is 7.91. The number of hydrogen-bond acceptors (Lipinski definition) is 6. The van der Waals surface area contributed by atoms with Crippen LogP contribution in [0.25, 0.3) is 21.5 Å². The molecule has 0 aromatic heterocycles. The van der Waals surface area contributed by atoms with Crippen molar-refractivity contribution in [3.8, 4) is 0 Å². The minimum absolute atomic E-state index is 0.157. The van der Waals surface area contributed by atoms with E-state index < -0.39 is 11.2 Å². The summed E-state index contributed by atoms with van der Waals surface area (Å²) in [6.45, 7) is 6.15. The second-order valence-electron chi connectivity index (χ2n) is 17.0. The lowest BCUT2D eigenvalue weighted by Gasteiger charge is -2.41. The summed E-state index contributed by atoms with van der Waals surface area (Å²) in [5.41, 5.74) is 7.63. The van der Waals surface area contributed by atoms with Crippen LogP contribution in [0.2, 0.25) is 0 Å².